The molecule has 11 nitrogen and oxygen atoms in total. The maximum absolute atomic E-state index is 13.9. The number of nitrogens with one attached hydrogen (secondary N) is 2. The van der Waals surface area contributed by atoms with Gasteiger partial charge in [0.2, 0.25) is 5.36 Å². The van der Waals surface area contributed by atoms with E-state index in [4.69, 9.17) is 32.8 Å². The zero-order valence-corrected chi connectivity index (χ0v) is 32.2. The second-order valence-corrected chi connectivity index (χ2v) is 15.5. The highest BCUT2D eigenvalue weighted by molar-refractivity contribution is 6.02. The molecule has 53 heavy (non-hydrogen) atoms. The Morgan fingerprint density at radius 1 is 0.774 bits per heavy atom. The van der Waals surface area contributed by atoms with Crippen molar-refractivity contribution in [1.29, 1.82) is 0 Å². The Hall–Kier alpha value is -4.52. The molecule has 0 aromatic heterocycles. The van der Waals surface area contributed by atoms with E-state index in [9.17, 15) is 9.59 Å². The van der Waals surface area contributed by atoms with Crippen molar-refractivity contribution in [2.24, 2.45) is 0 Å². The lowest BCUT2D eigenvalue weighted by atomic mass is 9.84. The van der Waals surface area contributed by atoms with Crippen LogP contribution in [-0.4, -0.2) is 36.2 Å². The number of fused-ring (bicyclic) bond motifs is 4. The third kappa shape index (κ3) is 9.35. The van der Waals surface area contributed by atoms with Gasteiger partial charge in [0.25, 0.3) is 0 Å². The quantitative estimate of drug-likeness (QED) is 0.189. The average Bonchev–Trinajstić information content (AvgIpc) is 3.04. The van der Waals surface area contributed by atoms with Gasteiger partial charge in [-0.05, 0) is 87.6 Å². The number of allylic oxidation sites excluding steroid dienone is 2. The minimum atomic E-state index is -4.94. The summed E-state index contributed by atoms with van der Waals surface area (Å²) in [5.74, 6) is 0.441. The zero-order chi connectivity index (χ0) is 38.9. The number of esters is 2. The maximum atomic E-state index is 13.9. The van der Waals surface area contributed by atoms with Gasteiger partial charge in [-0.25, -0.2) is 33.2 Å². The summed E-state index contributed by atoms with van der Waals surface area (Å²) in [4.78, 5) is 30.7. The van der Waals surface area contributed by atoms with Crippen molar-refractivity contribution >= 4 is 34.3 Å². The van der Waals surface area contributed by atoms with Crippen LogP contribution in [0.2, 0.25) is 0 Å². The van der Waals surface area contributed by atoms with Gasteiger partial charge in [-0.1, -0.05) is 38.8 Å². The van der Waals surface area contributed by atoms with Gasteiger partial charge in [0.15, 0.2) is 5.54 Å². The smallest absolute Gasteiger partial charge is 0.338 e. The van der Waals surface area contributed by atoms with Gasteiger partial charge in [-0.2, -0.15) is 0 Å². The fourth-order valence-electron chi connectivity index (χ4n) is 6.97. The highest BCUT2D eigenvalue weighted by Gasteiger charge is 2.32. The molecule has 0 saturated heterocycles. The first-order valence-electron chi connectivity index (χ1n) is 17.8. The molecule has 3 aromatic rings. The van der Waals surface area contributed by atoms with E-state index in [2.05, 4.69) is 95.2 Å². The van der Waals surface area contributed by atoms with Crippen LogP contribution in [0.5, 0.6) is 11.5 Å². The summed E-state index contributed by atoms with van der Waals surface area (Å²) >= 11 is 0. The number of hydrogen-bond acceptors (Lipinski definition) is 10. The van der Waals surface area contributed by atoms with Crippen LogP contribution < -0.4 is 44.3 Å². The summed E-state index contributed by atoms with van der Waals surface area (Å²) in [7, 11) is -4.94. The number of anilines is 1. The Bertz CT molecular complexity index is 2120. The highest BCUT2D eigenvalue weighted by atomic mass is 35.7. The van der Waals surface area contributed by atoms with Crippen molar-refractivity contribution in [2.75, 3.05) is 18.5 Å². The third-order valence-corrected chi connectivity index (χ3v) is 9.12. The molecule has 0 bridgehead atoms. The van der Waals surface area contributed by atoms with E-state index in [1.165, 1.54) is 0 Å². The van der Waals surface area contributed by atoms with Crippen molar-refractivity contribution in [3.8, 4) is 11.5 Å². The van der Waals surface area contributed by atoms with Crippen LogP contribution in [0.25, 0.3) is 16.7 Å². The summed E-state index contributed by atoms with van der Waals surface area (Å²) in [5.41, 5.74) is 8.00. The predicted molar refractivity (Wildman–Crippen MR) is 190 cm³/mol. The minimum Gasteiger partial charge on any atom is -0.462 e. The van der Waals surface area contributed by atoms with Crippen molar-refractivity contribution in [3.05, 3.63) is 98.6 Å². The first kappa shape index (κ1) is 39.7. The number of unbranched alkanes of at least 4 members (excludes halogenated alkanes) is 2. The fourth-order valence-corrected chi connectivity index (χ4v) is 6.97. The zero-order valence-electron chi connectivity index (χ0n) is 31.5. The molecule has 0 saturated carbocycles. The molecule has 6 rings (SSSR count). The van der Waals surface area contributed by atoms with Crippen LogP contribution in [0.3, 0.4) is 0 Å². The van der Waals surface area contributed by atoms with E-state index in [0.29, 0.717) is 41.4 Å². The van der Waals surface area contributed by atoms with Crippen LogP contribution in [0.4, 0.5) is 5.69 Å². The number of benzene rings is 3. The second-order valence-electron chi connectivity index (χ2n) is 14.7. The average molecular weight is 747 g/mol. The van der Waals surface area contributed by atoms with Crippen LogP contribution in [0.1, 0.15) is 124 Å². The SMILES string of the molecule is CCCCOC(=O)c1ccc(C2=c3cc4c(cc3Oc3cc5c(cc32)C(C)=CC(C)(C)N5)=[NH+]C(C)(C)C=C4C)c(C(=O)OCCCC)c1.[O-][Cl+3]([O-])([O-])[O-]. The molecule has 3 aliphatic rings. The molecular formula is C41H47ClN2O9. The van der Waals surface area contributed by atoms with Gasteiger partial charge in [0.1, 0.15) is 11.5 Å². The second kappa shape index (κ2) is 15.5. The molecule has 3 aromatic carbocycles. The molecule has 0 aliphatic carbocycles. The van der Waals surface area contributed by atoms with Gasteiger partial charge in [0.05, 0.1) is 35.9 Å². The van der Waals surface area contributed by atoms with E-state index in [1.807, 2.05) is 13.0 Å². The van der Waals surface area contributed by atoms with E-state index in [0.717, 1.165) is 75.4 Å². The molecule has 0 atom stereocenters. The van der Waals surface area contributed by atoms with Crippen molar-refractivity contribution < 1.29 is 57.7 Å². The van der Waals surface area contributed by atoms with Crippen LogP contribution in [0.15, 0.2) is 54.6 Å². The molecule has 0 spiro atoms. The molecule has 0 amide bonds. The van der Waals surface area contributed by atoms with E-state index in [1.54, 1.807) is 12.1 Å². The molecule has 2 N–H and O–H groups in total. The lowest BCUT2D eigenvalue weighted by molar-refractivity contribution is -2.00. The Morgan fingerprint density at radius 3 is 2.04 bits per heavy atom. The topological polar surface area (TPSA) is 180 Å². The minimum absolute atomic E-state index is 0.222. The number of ether oxygens (including phenoxy) is 3. The molecule has 282 valence electrons. The predicted octanol–water partition coefficient (Wildman–Crippen LogP) is 1.70. The Balaban J connectivity index is 0.00000101. The Kier molecular flexibility index (Phi) is 11.6. The first-order chi connectivity index (χ1) is 24.8. The highest BCUT2D eigenvalue weighted by Crippen LogP contribution is 2.44. The number of halogens is 1. The number of rotatable bonds is 9. The van der Waals surface area contributed by atoms with Crippen LogP contribution >= 0.6 is 0 Å². The molecule has 3 aliphatic heterocycles. The summed E-state index contributed by atoms with van der Waals surface area (Å²) in [6, 6.07) is 13.7. The number of carbonyl (C=O) groups is 2. The summed E-state index contributed by atoms with van der Waals surface area (Å²) in [6.07, 6.45) is 7.79. The van der Waals surface area contributed by atoms with Crippen LogP contribution in [0, 0.1) is 10.2 Å². The summed E-state index contributed by atoms with van der Waals surface area (Å²) in [5, 5.41) is 5.50. The van der Waals surface area contributed by atoms with Gasteiger partial charge in [-0.3, -0.25) is 0 Å². The normalized spacial score (nSPS) is 16.0. The van der Waals surface area contributed by atoms with Gasteiger partial charge in [0, 0.05) is 53.1 Å². The lowest BCUT2D eigenvalue weighted by Gasteiger charge is -2.33. The molecule has 0 fully saturated rings. The largest absolute Gasteiger partial charge is 0.462 e. The van der Waals surface area contributed by atoms with Crippen molar-refractivity contribution in [2.45, 2.75) is 92.2 Å². The van der Waals surface area contributed by atoms with Crippen molar-refractivity contribution in [3.63, 3.8) is 0 Å². The molecule has 3 heterocycles. The monoisotopic (exact) mass is 746 g/mol. The number of hydrogen-bond donors (Lipinski definition) is 2. The maximum Gasteiger partial charge on any atom is 0.338 e. The summed E-state index contributed by atoms with van der Waals surface area (Å²) < 4.78 is 52.0. The summed E-state index contributed by atoms with van der Waals surface area (Å²) in [6.45, 7) is 17.6. The van der Waals surface area contributed by atoms with Gasteiger partial charge in [-0.15, -0.1) is 10.2 Å². The Morgan fingerprint density at radius 2 is 1.40 bits per heavy atom. The van der Waals surface area contributed by atoms with Gasteiger partial charge >= 0.3 is 11.9 Å². The molecular weight excluding hydrogens is 700 g/mol. The Labute approximate surface area is 312 Å². The van der Waals surface area contributed by atoms with Crippen molar-refractivity contribution in [1.82, 2.24) is 0 Å². The number of carbonyl (C=O) groups excluding carboxylic acids is 2. The molecule has 0 radical (unpaired) electrons. The first-order valence-corrected chi connectivity index (χ1v) is 19.0. The van der Waals surface area contributed by atoms with E-state index >= 15 is 0 Å². The lowest BCUT2D eigenvalue weighted by Crippen LogP contribution is -2.89. The molecule has 12 heteroatoms. The van der Waals surface area contributed by atoms with Crippen LogP contribution in [-0.2, 0) is 9.47 Å². The van der Waals surface area contributed by atoms with Gasteiger partial charge < -0.3 is 19.5 Å². The van der Waals surface area contributed by atoms with E-state index < -0.39 is 22.2 Å². The molecule has 0 unspecified atom stereocenters. The third-order valence-electron chi connectivity index (χ3n) is 9.12. The fraction of sp³-hybridized carbons (Fsp3) is 0.390. The van der Waals surface area contributed by atoms with E-state index in [-0.39, 0.29) is 11.1 Å². The standard InChI is InChI=1S/C41H46N2O5.ClHO4/c1-9-11-15-46-38(44)26-13-14-27(30(17-26)39(45)47-16-12-10-2)37-31-18-28-24(3)22-40(5,6)42-33(28)20-35(31)48-36-21-34-29(19-32(36)37)25(4)23-41(7,8)43-34;2-1(3,4)5/h13-14,17-23,42H,9-12,15-16H2,1-8H3;(H,2,3,4,5).